The van der Waals surface area contributed by atoms with Gasteiger partial charge in [0.1, 0.15) is 5.82 Å². The molecule has 31 heavy (non-hydrogen) atoms. The number of hydrogen-bond acceptors (Lipinski definition) is 7. The lowest BCUT2D eigenvalue weighted by atomic mass is 10.2. The molecule has 2 aliphatic heterocycles. The molecule has 0 bridgehead atoms. The molecule has 2 unspecified atom stereocenters. The van der Waals surface area contributed by atoms with Crippen molar-refractivity contribution in [3.63, 3.8) is 0 Å². The second-order valence-electron chi connectivity index (χ2n) is 7.71. The summed E-state index contributed by atoms with van der Waals surface area (Å²) >= 11 is 0. The summed E-state index contributed by atoms with van der Waals surface area (Å²) in [5.41, 5.74) is 1.29. The van der Waals surface area contributed by atoms with Gasteiger partial charge in [-0.1, -0.05) is 6.07 Å². The van der Waals surface area contributed by atoms with Crippen LogP contribution in [0, 0.1) is 0 Å². The lowest BCUT2D eigenvalue weighted by Crippen LogP contribution is -2.45. The van der Waals surface area contributed by atoms with Gasteiger partial charge in [0.2, 0.25) is 12.7 Å². The second kappa shape index (κ2) is 9.22. The van der Waals surface area contributed by atoms with E-state index in [0.717, 1.165) is 24.5 Å². The van der Waals surface area contributed by atoms with E-state index in [-0.39, 0.29) is 37.4 Å². The number of fused-ring (bicyclic) bond motifs is 1. The number of aromatic nitrogens is 1. The van der Waals surface area contributed by atoms with Crippen LogP contribution in [0.2, 0.25) is 0 Å². The number of carbonyl (C=O) groups is 2. The molecule has 0 aliphatic carbocycles. The minimum Gasteiger partial charge on any atom is -0.454 e. The molecule has 0 radical (unpaired) electrons. The third-order valence-corrected chi connectivity index (χ3v) is 5.09. The number of rotatable bonds is 6. The number of morpholine rings is 1. The smallest absolute Gasteiger partial charge is 0.251 e. The molecule has 1 aromatic carbocycles. The monoisotopic (exact) mass is 426 g/mol. The Morgan fingerprint density at radius 1 is 1.06 bits per heavy atom. The van der Waals surface area contributed by atoms with Crippen LogP contribution in [0.5, 0.6) is 11.5 Å². The molecule has 0 saturated carbocycles. The number of anilines is 1. The summed E-state index contributed by atoms with van der Waals surface area (Å²) in [6.07, 6.45) is 2.08. The van der Waals surface area contributed by atoms with Gasteiger partial charge in [-0.2, -0.15) is 0 Å². The van der Waals surface area contributed by atoms with E-state index in [9.17, 15) is 9.59 Å². The van der Waals surface area contributed by atoms with Crippen molar-refractivity contribution in [3.05, 3.63) is 47.7 Å². The molecular weight excluding hydrogens is 400 g/mol. The molecule has 9 nitrogen and oxygen atoms in total. The van der Waals surface area contributed by atoms with Gasteiger partial charge in [0.15, 0.2) is 11.5 Å². The summed E-state index contributed by atoms with van der Waals surface area (Å²) in [5, 5.41) is 5.39. The number of ether oxygens (including phenoxy) is 3. The van der Waals surface area contributed by atoms with Crippen molar-refractivity contribution in [1.82, 2.24) is 15.6 Å². The van der Waals surface area contributed by atoms with E-state index in [1.54, 1.807) is 24.4 Å². The first-order chi connectivity index (χ1) is 15.0. The average molecular weight is 426 g/mol. The Labute approximate surface area is 180 Å². The maximum atomic E-state index is 12.2. The van der Waals surface area contributed by atoms with Gasteiger partial charge in [-0.3, -0.25) is 9.59 Å². The Balaban J connectivity index is 1.23. The van der Waals surface area contributed by atoms with E-state index in [2.05, 4.69) is 34.4 Å². The number of pyridine rings is 1. The Bertz CT molecular complexity index is 939. The van der Waals surface area contributed by atoms with Gasteiger partial charge in [-0.25, -0.2) is 4.98 Å². The molecule has 3 heterocycles. The first-order valence-electron chi connectivity index (χ1n) is 10.3. The first kappa shape index (κ1) is 20.9. The van der Waals surface area contributed by atoms with Crippen LogP contribution in [-0.4, -0.2) is 55.4 Å². The summed E-state index contributed by atoms with van der Waals surface area (Å²) in [6, 6.07) is 8.79. The Morgan fingerprint density at radius 3 is 2.58 bits per heavy atom. The quantitative estimate of drug-likeness (QED) is 0.721. The van der Waals surface area contributed by atoms with Crippen molar-refractivity contribution in [2.75, 3.05) is 31.3 Å². The molecule has 2 atom stereocenters. The Kier molecular flexibility index (Phi) is 6.22. The fourth-order valence-electron chi connectivity index (χ4n) is 3.64. The molecule has 2 amide bonds. The van der Waals surface area contributed by atoms with Gasteiger partial charge >= 0.3 is 0 Å². The van der Waals surface area contributed by atoms with Crippen LogP contribution in [0.25, 0.3) is 0 Å². The van der Waals surface area contributed by atoms with Gasteiger partial charge in [-0.15, -0.1) is 0 Å². The van der Waals surface area contributed by atoms with E-state index in [1.807, 2.05) is 12.1 Å². The van der Waals surface area contributed by atoms with Crippen LogP contribution in [0.3, 0.4) is 0 Å². The van der Waals surface area contributed by atoms with E-state index < -0.39 is 0 Å². The van der Waals surface area contributed by atoms with Gasteiger partial charge < -0.3 is 29.7 Å². The van der Waals surface area contributed by atoms with E-state index >= 15 is 0 Å². The van der Waals surface area contributed by atoms with Crippen molar-refractivity contribution in [3.8, 4) is 11.5 Å². The molecule has 1 fully saturated rings. The molecule has 164 valence electrons. The van der Waals surface area contributed by atoms with Crippen LogP contribution < -0.4 is 25.0 Å². The molecule has 2 aromatic rings. The van der Waals surface area contributed by atoms with Crippen molar-refractivity contribution < 1.29 is 23.8 Å². The fourth-order valence-corrected chi connectivity index (χ4v) is 3.64. The van der Waals surface area contributed by atoms with Crippen LogP contribution >= 0.6 is 0 Å². The number of benzene rings is 1. The number of nitrogens with zero attached hydrogens (tertiary/aromatic N) is 2. The lowest BCUT2D eigenvalue weighted by Gasteiger charge is -2.36. The van der Waals surface area contributed by atoms with E-state index in [1.165, 1.54) is 0 Å². The highest BCUT2D eigenvalue weighted by Crippen LogP contribution is 2.32. The third-order valence-electron chi connectivity index (χ3n) is 5.09. The molecule has 9 heteroatoms. The molecule has 4 rings (SSSR count). The van der Waals surface area contributed by atoms with Crippen molar-refractivity contribution in [1.29, 1.82) is 0 Å². The predicted octanol–water partition coefficient (Wildman–Crippen LogP) is 1.47. The SMILES string of the molecule is CC1CN(c2ccc(CNC(=O)CNC(=O)c3ccc4c(c3)OCO4)cn2)CC(C)O1. The van der Waals surface area contributed by atoms with Crippen LogP contribution in [-0.2, 0) is 16.1 Å². The van der Waals surface area contributed by atoms with Gasteiger partial charge in [0.05, 0.1) is 18.8 Å². The lowest BCUT2D eigenvalue weighted by molar-refractivity contribution is -0.120. The zero-order valence-electron chi connectivity index (χ0n) is 17.6. The zero-order chi connectivity index (χ0) is 21.8. The van der Waals surface area contributed by atoms with Crippen LogP contribution in [0.1, 0.15) is 29.8 Å². The maximum absolute atomic E-state index is 12.2. The Morgan fingerprint density at radius 2 is 1.84 bits per heavy atom. The highest BCUT2D eigenvalue weighted by atomic mass is 16.7. The fraction of sp³-hybridized carbons (Fsp3) is 0.409. The summed E-state index contributed by atoms with van der Waals surface area (Å²) in [6.45, 7) is 6.07. The predicted molar refractivity (Wildman–Crippen MR) is 113 cm³/mol. The van der Waals surface area contributed by atoms with E-state index in [0.29, 0.717) is 23.6 Å². The van der Waals surface area contributed by atoms with Crippen molar-refractivity contribution in [2.24, 2.45) is 0 Å². The number of nitrogens with one attached hydrogen (secondary N) is 2. The topological polar surface area (TPSA) is 102 Å². The summed E-state index contributed by atoms with van der Waals surface area (Å²) in [5.74, 6) is 1.39. The van der Waals surface area contributed by atoms with Crippen molar-refractivity contribution >= 4 is 17.6 Å². The van der Waals surface area contributed by atoms with Gasteiger partial charge in [0, 0.05) is 31.4 Å². The molecule has 2 N–H and O–H groups in total. The number of carbonyl (C=O) groups excluding carboxylic acids is 2. The highest BCUT2D eigenvalue weighted by molar-refractivity contribution is 5.97. The summed E-state index contributed by atoms with van der Waals surface area (Å²) < 4.78 is 16.2. The van der Waals surface area contributed by atoms with Gasteiger partial charge in [0.25, 0.3) is 5.91 Å². The maximum Gasteiger partial charge on any atom is 0.251 e. The van der Waals surface area contributed by atoms with Gasteiger partial charge in [-0.05, 0) is 43.7 Å². The third kappa shape index (κ3) is 5.24. The number of amides is 2. The van der Waals surface area contributed by atoms with Crippen LogP contribution in [0.4, 0.5) is 5.82 Å². The minimum atomic E-state index is -0.353. The van der Waals surface area contributed by atoms with E-state index in [4.69, 9.17) is 14.2 Å². The molecule has 1 aromatic heterocycles. The average Bonchev–Trinajstić information content (AvgIpc) is 3.23. The molecule has 2 aliphatic rings. The first-order valence-corrected chi connectivity index (χ1v) is 10.3. The molecule has 1 saturated heterocycles. The van der Waals surface area contributed by atoms with Crippen LogP contribution in [0.15, 0.2) is 36.5 Å². The highest BCUT2D eigenvalue weighted by Gasteiger charge is 2.23. The Hall–Kier alpha value is -3.33. The molecule has 0 spiro atoms. The summed E-state index contributed by atoms with van der Waals surface area (Å²) in [4.78, 5) is 31.1. The van der Waals surface area contributed by atoms with Crippen molar-refractivity contribution in [2.45, 2.75) is 32.6 Å². The largest absolute Gasteiger partial charge is 0.454 e. The zero-order valence-corrected chi connectivity index (χ0v) is 17.6. The molecular formula is C22H26N4O5. The normalized spacial score (nSPS) is 19.7. The standard InChI is InChI=1S/C22H26N4O5/c1-14-11-26(12-15(2)31-14)20-6-3-16(8-23-20)9-24-21(27)10-25-22(28)17-4-5-18-19(7-17)30-13-29-18/h3-8,14-15H,9-13H2,1-2H3,(H,24,27)(H,25,28). The minimum absolute atomic E-state index is 0.123. The number of hydrogen-bond donors (Lipinski definition) is 2. The summed E-state index contributed by atoms with van der Waals surface area (Å²) in [7, 11) is 0. The second-order valence-corrected chi connectivity index (χ2v) is 7.71.